The van der Waals surface area contributed by atoms with Crippen LogP contribution in [-0.2, 0) is 6.54 Å². The topological polar surface area (TPSA) is 53.1 Å². The number of aryl methyl sites for hydroxylation is 2. The Balaban J connectivity index is 1.97. The van der Waals surface area contributed by atoms with Crippen molar-refractivity contribution in [3.63, 3.8) is 0 Å². The lowest BCUT2D eigenvalue weighted by atomic mass is 9.90. The summed E-state index contributed by atoms with van der Waals surface area (Å²) in [6.07, 6.45) is 6.65. The van der Waals surface area contributed by atoms with Gasteiger partial charge in [0.25, 0.3) is 0 Å². The minimum Gasteiger partial charge on any atom is -0.476 e. The van der Waals surface area contributed by atoms with E-state index in [4.69, 9.17) is 10.5 Å². The summed E-state index contributed by atoms with van der Waals surface area (Å²) < 4.78 is 7.75. The number of rotatable bonds is 4. The maximum atomic E-state index is 5.99. The summed E-state index contributed by atoms with van der Waals surface area (Å²) in [4.78, 5) is 0. The minimum absolute atomic E-state index is 0.697. The van der Waals surface area contributed by atoms with Gasteiger partial charge in [-0.2, -0.15) is 5.10 Å². The molecule has 1 heterocycles. The lowest BCUT2D eigenvalue weighted by Crippen LogP contribution is -2.17. The quantitative estimate of drug-likeness (QED) is 0.876. The van der Waals surface area contributed by atoms with Gasteiger partial charge >= 0.3 is 0 Å². The Labute approximate surface area is 103 Å². The summed E-state index contributed by atoms with van der Waals surface area (Å²) in [6, 6.07) is 0. The predicted octanol–water partition coefficient (Wildman–Crippen LogP) is 2.75. The van der Waals surface area contributed by atoms with Crippen molar-refractivity contribution in [2.75, 3.05) is 12.3 Å². The zero-order valence-electron chi connectivity index (χ0n) is 10.9. The molecule has 1 fully saturated rings. The summed E-state index contributed by atoms with van der Waals surface area (Å²) in [6.45, 7) is 5.57. The fourth-order valence-electron chi connectivity index (χ4n) is 2.49. The molecule has 4 nitrogen and oxygen atoms in total. The van der Waals surface area contributed by atoms with Crippen LogP contribution in [0.25, 0.3) is 0 Å². The van der Waals surface area contributed by atoms with Crippen LogP contribution in [0.1, 0.15) is 44.7 Å². The number of nitrogens with zero attached hydrogens (tertiary/aromatic N) is 2. The van der Waals surface area contributed by atoms with E-state index in [-0.39, 0.29) is 0 Å². The molecule has 0 amide bonds. The molecule has 1 aromatic rings. The van der Waals surface area contributed by atoms with Crippen molar-refractivity contribution >= 4 is 5.69 Å². The zero-order valence-corrected chi connectivity index (χ0v) is 10.9. The van der Waals surface area contributed by atoms with Gasteiger partial charge in [-0.3, -0.25) is 0 Å². The Morgan fingerprint density at radius 3 is 2.71 bits per heavy atom. The fraction of sp³-hybridized carbons (Fsp3) is 0.769. The summed E-state index contributed by atoms with van der Waals surface area (Å²) in [5, 5.41) is 4.36. The first-order chi connectivity index (χ1) is 8.22. The molecule has 0 atom stereocenters. The van der Waals surface area contributed by atoms with Crippen LogP contribution in [0.4, 0.5) is 5.69 Å². The molecule has 2 N–H and O–H groups in total. The van der Waals surface area contributed by atoms with E-state index in [2.05, 4.69) is 12.0 Å². The van der Waals surface area contributed by atoms with Gasteiger partial charge in [0.2, 0.25) is 5.88 Å². The van der Waals surface area contributed by atoms with Crippen LogP contribution in [0.5, 0.6) is 5.88 Å². The monoisotopic (exact) mass is 237 g/mol. The predicted molar refractivity (Wildman–Crippen MR) is 69.1 cm³/mol. The number of hydrogen-bond acceptors (Lipinski definition) is 3. The summed E-state index contributed by atoms with van der Waals surface area (Å²) in [7, 11) is 0. The highest BCUT2D eigenvalue weighted by Gasteiger charge is 2.17. The van der Waals surface area contributed by atoms with Gasteiger partial charge in [0.05, 0.1) is 12.3 Å². The standard InChI is InChI=1S/C13H23N3O/c1-3-16-13(12(14)10(2)15-16)17-9-11-7-5-4-6-8-11/h11H,3-9,14H2,1-2H3. The molecule has 0 bridgehead atoms. The number of hydrogen-bond donors (Lipinski definition) is 1. The molecule has 0 unspecified atom stereocenters. The maximum Gasteiger partial charge on any atom is 0.236 e. The molecule has 17 heavy (non-hydrogen) atoms. The van der Waals surface area contributed by atoms with Crippen molar-refractivity contribution < 1.29 is 4.74 Å². The van der Waals surface area contributed by atoms with Crippen molar-refractivity contribution in [3.8, 4) is 5.88 Å². The van der Waals surface area contributed by atoms with Crippen LogP contribution < -0.4 is 10.5 Å². The van der Waals surface area contributed by atoms with Gasteiger partial charge in [-0.15, -0.1) is 0 Å². The van der Waals surface area contributed by atoms with Crippen molar-refractivity contribution in [1.82, 2.24) is 9.78 Å². The molecule has 2 rings (SSSR count). The zero-order chi connectivity index (χ0) is 12.3. The maximum absolute atomic E-state index is 5.99. The van der Waals surface area contributed by atoms with Crippen LogP contribution in [0.15, 0.2) is 0 Å². The third kappa shape index (κ3) is 2.73. The summed E-state index contributed by atoms with van der Waals surface area (Å²) >= 11 is 0. The highest BCUT2D eigenvalue weighted by molar-refractivity contribution is 5.52. The third-order valence-electron chi connectivity index (χ3n) is 3.61. The van der Waals surface area contributed by atoms with Crippen LogP contribution in [0.3, 0.4) is 0 Å². The Hall–Kier alpha value is -1.19. The molecule has 0 saturated heterocycles. The summed E-state index contributed by atoms with van der Waals surface area (Å²) in [5.74, 6) is 1.46. The molecule has 96 valence electrons. The molecular weight excluding hydrogens is 214 g/mol. The van der Waals surface area contributed by atoms with E-state index >= 15 is 0 Å². The van der Waals surface area contributed by atoms with Gasteiger partial charge in [-0.05, 0) is 32.6 Å². The SMILES string of the molecule is CCn1nc(C)c(N)c1OCC1CCCCC1. The van der Waals surface area contributed by atoms with Gasteiger partial charge in [0, 0.05) is 6.54 Å². The van der Waals surface area contributed by atoms with E-state index in [0.717, 1.165) is 24.7 Å². The van der Waals surface area contributed by atoms with Crippen molar-refractivity contribution in [1.29, 1.82) is 0 Å². The van der Waals surface area contributed by atoms with E-state index < -0.39 is 0 Å². The number of aromatic nitrogens is 2. The van der Waals surface area contributed by atoms with E-state index in [0.29, 0.717) is 11.6 Å². The molecule has 1 saturated carbocycles. The molecule has 1 aliphatic rings. The highest BCUT2D eigenvalue weighted by atomic mass is 16.5. The largest absolute Gasteiger partial charge is 0.476 e. The van der Waals surface area contributed by atoms with Gasteiger partial charge in [0.15, 0.2) is 0 Å². The van der Waals surface area contributed by atoms with Crippen molar-refractivity contribution in [3.05, 3.63) is 5.69 Å². The first-order valence-electron chi connectivity index (χ1n) is 6.68. The van der Waals surface area contributed by atoms with Gasteiger partial charge < -0.3 is 10.5 Å². The Kier molecular flexibility index (Phi) is 3.92. The molecular formula is C13H23N3O. The van der Waals surface area contributed by atoms with E-state index in [1.807, 2.05) is 11.6 Å². The number of anilines is 1. The first-order valence-corrected chi connectivity index (χ1v) is 6.68. The molecule has 0 radical (unpaired) electrons. The molecule has 4 heteroatoms. The average molecular weight is 237 g/mol. The molecule has 1 aromatic heterocycles. The van der Waals surface area contributed by atoms with Crippen molar-refractivity contribution in [2.45, 2.75) is 52.5 Å². The van der Waals surface area contributed by atoms with E-state index in [1.54, 1.807) is 0 Å². The van der Waals surface area contributed by atoms with Gasteiger partial charge in [-0.1, -0.05) is 19.3 Å². The number of ether oxygens (including phenoxy) is 1. The minimum atomic E-state index is 0.697. The van der Waals surface area contributed by atoms with E-state index in [1.165, 1.54) is 32.1 Å². The molecule has 1 aliphatic carbocycles. The van der Waals surface area contributed by atoms with Crippen LogP contribution in [0.2, 0.25) is 0 Å². The smallest absolute Gasteiger partial charge is 0.236 e. The fourth-order valence-corrected chi connectivity index (χ4v) is 2.49. The van der Waals surface area contributed by atoms with Crippen LogP contribution in [-0.4, -0.2) is 16.4 Å². The number of nitrogen functional groups attached to an aromatic ring is 1. The molecule has 0 spiro atoms. The molecule has 0 aromatic carbocycles. The summed E-state index contributed by atoms with van der Waals surface area (Å²) in [5.41, 5.74) is 7.55. The lowest BCUT2D eigenvalue weighted by Gasteiger charge is -2.21. The highest BCUT2D eigenvalue weighted by Crippen LogP contribution is 2.28. The Morgan fingerprint density at radius 2 is 2.06 bits per heavy atom. The van der Waals surface area contributed by atoms with Gasteiger partial charge in [0.1, 0.15) is 5.69 Å². The number of nitrogens with two attached hydrogens (primary N) is 1. The van der Waals surface area contributed by atoms with Crippen LogP contribution >= 0.6 is 0 Å². The second-order valence-electron chi connectivity index (χ2n) is 4.94. The second-order valence-corrected chi connectivity index (χ2v) is 4.94. The van der Waals surface area contributed by atoms with Crippen molar-refractivity contribution in [2.24, 2.45) is 5.92 Å². The Bertz CT molecular complexity index is 367. The first kappa shape index (κ1) is 12.3. The average Bonchev–Trinajstić information content (AvgIpc) is 2.64. The second kappa shape index (κ2) is 5.43. The Morgan fingerprint density at radius 1 is 1.35 bits per heavy atom. The van der Waals surface area contributed by atoms with E-state index in [9.17, 15) is 0 Å². The normalized spacial score (nSPS) is 17.3. The van der Waals surface area contributed by atoms with Gasteiger partial charge in [-0.25, -0.2) is 4.68 Å². The molecule has 0 aliphatic heterocycles. The van der Waals surface area contributed by atoms with Crippen LogP contribution in [0, 0.1) is 12.8 Å². The lowest BCUT2D eigenvalue weighted by molar-refractivity contribution is 0.195. The third-order valence-corrected chi connectivity index (χ3v) is 3.61.